The summed E-state index contributed by atoms with van der Waals surface area (Å²) in [6.45, 7) is 2.16. The molecule has 2 aliphatic rings. The van der Waals surface area contributed by atoms with E-state index in [2.05, 4.69) is 0 Å². The van der Waals surface area contributed by atoms with Crippen LogP contribution in [0, 0.1) is 10.8 Å². The van der Waals surface area contributed by atoms with E-state index in [0.717, 1.165) is 25.7 Å². The predicted octanol–water partition coefficient (Wildman–Crippen LogP) is 2.94. The molecule has 1 nitrogen and oxygen atoms in total. The van der Waals surface area contributed by atoms with Crippen molar-refractivity contribution in [1.82, 2.24) is 0 Å². The van der Waals surface area contributed by atoms with Gasteiger partial charge in [0.2, 0.25) is 0 Å². The van der Waals surface area contributed by atoms with E-state index in [1.165, 1.54) is 6.42 Å². The summed E-state index contributed by atoms with van der Waals surface area (Å²) in [5.74, 6) is -2.49. The van der Waals surface area contributed by atoms with Crippen LogP contribution in [-0.2, 0) is 0 Å². The zero-order chi connectivity index (χ0) is 10.4. The van der Waals surface area contributed by atoms with Gasteiger partial charge in [0.05, 0.1) is 5.41 Å². The molecule has 2 aliphatic carbocycles. The van der Waals surface area contributed by atoms with E-state index in [4.69, 9.17) is 5.73 Å². The van der Waals surface area contributed by atoms with Crippen molar-refractivity contribution in [3.8, 4) is 0 Å². The van der Waals surface area contributed by atoms with E-state index in [0.29, 0.717) is 0 Å². The molecule has 0 amide bonds. The molecule has 0 bridgehead atoms. The van der Waals surface area contributed by atoms with Crippen LogP contribution in [0.3, 0.4) is 0 Å². The van der Waals surface area contributed by atoms with Crippen molar-refractivity contribution in [1.29, 1.82) is 0 Å². The van der Waals surface area contributed by atoms with Crippen LogP contribution in [-0.4, -0.2) is 12.5 Å². The molecule has 2 saturated carbocycles. The lowest BCUT2D eigenvalue weighted by molar-refractivity contribution is -0.0134. The highest BCUT2D eigenvalue weighted by Gasteiger charge is 2.76. The fraction of sp³-hybridized carbons (Fsp3) is 1.00. The summed E-state index contributed by atoms with van der Waals surface area (Å²) in [6.07, 6.45) is 5.26. The van der Waals surface area contributed by atoms with Gasteiger partial charge in [-0.3, -0.25) is 0 Å². The second kappa shape index (κ2) is 2.91. The minimum Gasteiger partial charge on any atom is -0.330 e. The van der Waals surface area contributed by atoms with Gasteiger partial charge in [-0.25, -0.2) is 8.78 Å². The topological polar surface area (TPSA) is 26.0 Å². The van der Waals surface area contributed by atoms with Gasteiger partial charge in [-0.15, -0.1) is 0 Å². The molecule has 2 fully saturated rings. The Hall–Kier alpha value is -0.180. The van der Waals surface area contributed by atoms with Crippen molar-refractivity contribution < 1.29 is 8.78 Å². The molecule has 1 atom stereocenters. The Kier molecular flexibility index (Phi) is 2.15. The molecule has 0 aliphatic heterocycles. The van der Waals surface area contributed by atoms with Gasteiger partial charge in [-0.05, 0) is 18.3 Å². The summed E-state index contributed by atoms with van der Waals surface area (Å²) in [5, 5.41) is 0. The third-order valence-electron chi connectivity index (χ3n) is 4.56. The molecular weight excluding hydrogens is 184 g/mol. The van der Waals surface area contributed by atoms with Crippen molar-refractivity contribution in [3.05, 3.63) is 0 Å². The third kappa shape index (κ3) is 1.14. The van der Waals surface area contributed by atoms with Crippen LogP contribution in [0.4, 0.5) is 8.78 Å². The van der Waals surface area contributed by atoms with E-state index in [9.17, 15) is 8.78 Å². The van der Waals surface area contributed by atoms with Crippen molar-refractivity contribution >= 4 is 0 Å². The Bertz CT molecular complexity index is 233. The summed E-state index contributed by atoms with van der Waals surface area (Å²) in [7, 11) is 0. The van der Waals surface area contributed by atoms with Gasteiger partial charge < -0.3 is 5.73 Å². The molecule has 3 heteroatoms. The van der Waals surface area contributed by atoms with E-state index in [1.807, 2.05) is 6.92 Å². The smallest absolute Gasteiger partial charge is 0.256 e. The summed E-state index contributed by atoms with van der Waals surface area (Å²) in [5.41, 5.74) is 4.51. The second-order valence-electron chi connectivity index (χ2n) is 5.29. The summed E-state index contributed by atoms with van der Waals surface area (Å²) in [6, 6.07) is 0. The molecule has 2 N–H and O–H groups in total. The standard InChI is InChI=1S/C11H19F2N/c1-9(5-3-2-4-6-9)10(8-14)7-11(10,12)13/h2-8,14H2,1H3. The van der Waals surface area contributed by atoms with Gasteiger partial charge in [-0.1, -0.05) is 26.2 Å². The van der Waals surface area contributed by atoms with Gasteiger partial charge in [0.15, 0.2) is 0 Å². The molecule has 0 aromatic rings. The molecule has 1 unspecified atom stereocenters. The molecule has 0 saturated heterocycles. The average molecular weight is 203 g/mol. The van der Waals surface area contributed by atoms with Gasteiger partial charge in [-0.2, -0.15) is 0 Å². The third-order valence-corrected chi connectivity index (χ3v) is 4.56. The predicted molar refractivity (Wildman–Crippen MR) is 52.2 cm³/mol. The maximum atomic E-state index is 13.4. The van der Waals surface area contributed by atoms with Crippen LogP contribution >= 0.6 is 0 Å². The molecule has 82 valence electrons. The fourth-order valence-electron chi connectivity index (χ4n) is 3.27. The fourth-order valence-corrected chi connectivity index (χ4v) is 3.27. The Balaban J connectivity index is 2.20. The highest BCUT2D eigenvalue weighted by atomic mass is 19.3. The number of hydrogen-bond donors (Lipinski definition) is 1. The monoisotopic (exact) mass is 203 g/mol. The van der Waals surface area contributed by atoms with Crippen LogP contribution in [0.2, 0.25) is 0 Å². The van der Waals surface area contributed by atoms with Gasteiger partial charge in [0.25, 0.3) is 5.92 Å². The minimum atomic E-state index is -2.49. The normalized spacial score (nSPS) is 39.4. The van der Waals surface area contributed by atoms with Crippen LogP contribution in [0.25, 0.3) is 0 Å². The van der Waals surface area contributed by atoms with Crippen molar-refractivity contribution in [3.63, 3.8) is 0 Å². The first-order chi connectivity index (χ1) is 6.47. The van der Waals surface area contributed by atoms with E-state index >= 15 is 0 Å². The van der Waals surface area contributed by atoms with Crippen molar-refractivity contribution in [2.75, 3.05) is 6.54 Å². The number of nitrogens with two attached hydrogens (primary N) is 1. The first-order valence-corrected chi connectivity index (χ1v) is 5.55. The molecule has 14 heavy (non-hydrogen) atoms. The quantitative estimate of drug-likeness (QED) is 0.733. The van der Waals surface area contributed by atoms with Crippen LogP contribution in [0.5, 0.6) is 0 Å². The number of halogens is 2. The van der Waals surface area contributed by atoms with Gasteiger partial charge in [0.1, 0.15) is 0 Å². The number of hydrogen-bond acceptors (Lipinski definition) is 1. The first kappa shape index (κ1) is 10.3. The lowest BCUT2D eigenvalue weighted by atomic mass is 9.64. The molecular formula is C11H19F2N. The van der Waals surface area contributed by atoms with Crippen LogP contribution < -0.4 is 5.73 Å². The Morgan fingerprint density at radius 2 is 1.64 bits per heavy atom. The number of alkyl halides is 2. The molecule has 0 aromatic heterocycles. The highest BCUT2D eigenvalue weighted by Crippen LogP contribution is 2.71. The van der Waals surface area contributed by atoms with Crippen molar-refractivity contribution in [2.45, 2.75) is 51.4 Å². The SMILES string of the molecule is CC1(C2(CN)CC2(F)F)CCCCC1. The largest absolute Gasteiger partial charge is 0.330 e. The molecule has 0 spiro atoms. The molecule has 0 aromatic carbocycles. The maximum Gasteiger partial charge on any atom is 0.256 e. The summed E-state index contributed by atoms with van der Waals surface area (Å²) < 4.78 is 26.8. The lowest BCUT2D eigenvalue weighted by Crippen LogP contribution is -2.40. The van der Waals surface area contributed by atoms with Gasteiger partial charge >= 0.3 is 0 Å². The van der Waals surface area contributed by atoms with E-state index in [-0.39, 0.29) is 18.4 Å². The lowest BCUT2D eigenvalue weighted by Gasteiger charge is -2.41. The molecule has 0 radical (unpaired) electrons. The second-order valence-corrected chi connectivity index (χ2v) is 5.29. The Labute approximate surface area is 84.0 Å². The number of rotatable bonds is 2. The zero-order valence-corrected chi connectivity index (χ0v) is 8.78. The molecule has 2 rings (SSSR count). The van der Waals surface area contributed by atoms with E-state index < -0.39 is 11.3 Å². The van der Waals surface area contributed by atoms with Crippen molar-refractivity contribution in [2.24, 2.45) is 16.6 Å². The highest BCUT2D eigenvalue weighted by molar-refractivity contribution is 5.18. The Morgan fingerprint density at radius 1 is 1.14 bits per heavy atom. The maximum absolute atomic E-state index is 13.4. The summed E-state index contributed by atoms with van der Waals surface area (Å²) >= 11 is 0. The van der Waals surface area contributed by atoms with Crippen LogP contribution in [0.1, 0.15) is 45.4 Å². The Morgan fingerprint density at radius 3 is 2.00 bits per heavy atom. The first-order valence-electron chi connectivity index (χ1n) is 5.55. The van der Waals surface area contributed by atoms with Crippen LogP contribution in [0.15, 0.2) is 0 Å². The van der Waals surface area contributed by atoms with E-state index in [1.54, 1.807) is 0 Å². The minimum absolute atomic E-state index is 0.0208. The average Bonchev–Trinajstić information content (AvgIpc) is 2.72. The summed E-state index contributed by atoms with van der Waals surface area (Å²) in [4.78, 5) is 0. The molecule has 0 heterocycles. The van der Waals surface area contributed by atoms with Gasteiger partial charge in [0, 0.05) is 13.0 Å². The zero-order valence-electron chi connectivity index (χ0n) is 8.78.